The summed E-state index contributed by atoms with van der Waals surface area (Å²) in [5.74, 6) is -0.0715. The molecule has 0 unspecified atom stereocenters. The van der Waals surface area contributed by atoms with Gasteiger partial charge < -0.3 is 5.11 Å². The number of rotatable bonds is 4. The van der Waals surface area contributed by atoms with Crippen LogP contribution < -0.4 is 4.72 Å². The first-order chi connectivity index (χ1) is 9.83. The minimum absolute atomic E-state index is 0.0715. The highest BCUT2D eigenvalue weighted by Gasteiger charge is 2.25. The minimum Gasteiger partial charge on any atom is -0.508 e. The van der Waals surface area contributed by atoms with E-state index in [9.17, 15) is 23.6 Å². The molecule has 0 fully saturated rings. The zero-order valence-electron chi connectivity index (χ0n) is 11.0. The summed E-state index contributed by atoms with van der Waals surface area (Å²) >= 11 is 0. The second-order valence-electron chi connectivity index (χ2n) is 4.28. The van der Waals surface area contributed by atoms with Crippen LogP contribution >= 0.6 is 0 Å². The number of phenols is 1. The Balaban J connectivity index is 2.49. The Kier molecular flexibility index (Phi) is 3.81. The summed E-state index contributed by atoms with van der Waals surface area (Å²) in [6.45, 7) is 1.53. The van der Waals surface area contributed by atoms with E-state index >= 15 is 0 Å². The van der Waals surface area contributed by atoms with E-state index in [4.69, 9.17) is 0 Å². The van der Waals surface area contributed by atoms with E-state index in [0.717, 1.165) is 12.1 Å². The number of nitro benzene ring substituents is 1. The van der Waals surface area contributed by atoms with Gasteiger partial charge in [-0.2, -0.15) is 0 Å². The summed E-state index contributed by atoms with van der Waals surface area (Å²) in [7, 11) is -4.13. The third kappa shape index (κ3) is 2.95. The number of sulfonamides is 1. The van der Waals surface area contributed by atoms with Crippen molar-refractivity contribution in [3.05, 3.63) is 58.1 Å². The van der Waals surface area contributed by atoms with Crippen LogP contribution in [0.3, 0.4) is 0 Å². The van der Waals surface area contributed by atoms with Crippen LogP contribution in [0.2, 0.25) is 0 Å². The van der Waals surface area contributed by atoms with Crippen molar-refractivity contribution in [1.29, 1.82) is 0 Å². The molecule has 0 bridgehead atoms. The van der Waals surface area contributed by atoms with Gasteiger partial charge in [0.2, 0.25) is 0 Å². The molecule has 0 spiro atoms. The number of anilines is 1. The first-order valence-corrected chi connectivity index (χ1v) is 7.36. The summed E-state index contributed by atoms with van der Waals surface area (Å²) in [5.41, 5.74) is -0.0179. The molecule has 0 amide bonds. The lowest BCUT2D eigenvalue weighted by molar-refractivity contribution is -0.387. The summed E-state index contributed by atoms with van der Waals surface area (Å²) < 4.78 is 26.8. The number of phenolic OH excluding ortho intramolecular Hbond substituents is 1. The molecule has 21 heavy (non-hydrogen) atoms. The lowest BCUT2D eigenvalue weighted by Crippen LogP contribution is -2.15. The van der Waals surface area contributed by atoms with Crippen molar-refractivity contribution < 1.29 is 18.4 Å². The largest absolute Gasteiger partial charge is 0.508 e. The summed E-state index contributed by atoms with van der Waals surface area (Å²) in [6.07, 6.45) is 0. The van der Waals surface area contributed by atoms with Gasteiger partial charge in [-0.25, -0.2) is 8.42 Å². The van der Waals surface area contributed by atoms with Gasteiger partial charge in [0.15, 0.2) is 4.90 Å². The van der Waals surface area contributed by atoms with E-state index in [1.54, 1.807) is 0 Å². The number of hydrogen-bond donors (Lipinski definition) is 2. The molecule has 2 rings (SSSR count). The highest BCUT2D eigenvalue weighted by Crippen LogP contribution is 2.29. The Morgan fingerprint density at radius 1 is 1.14 bits per heavy atom. The van der Waals surface area contributed by atoms with Crippen LogP contribution in [0.15, 0.2) is 47.4 Å². The van der Waals surface area contributed by atoms with Crippen LogP contribution in [0.1, 0.15) is 5.56 Å². The predicted molar refractivity (Wildman–Crippen MR) is 76.7 cm³/mol. The highest BCUT2D eigenvalue weighted by molar-refractivity contribution is 7.92. The maximum atomic E-state index is 12.3. The SMILES string of the molecule is Cc1c(O)cccc1NS(=O)(=O)c1ccccc1[N+](=O)[O-]. The second-order valence-corrected chi connectivity index (χ2v) is 5.93. The highest BCUT2D eigenvalue weighted by atomic mass is 32.2. The zero-order chi connectivity index (χ0) is 15.6. The van der Waals surface area contributed by atoms with Crippen molar-refractivity contribution in [2.45, 2.75) is 11.8 Å². The molecule has 0 aliphatic heterocycles. The molecule has 0 atom stereocenters. The number of nitrogens with one attached hydrogen (secondary N) is 1. The molecule has 7 nitrogen and oxygen atoms in total. The lowest BCUT2D eigenvalue weighted by atomic mass is 10.2. The summed E-state index contributed by atoms with van der Waals surface area (Å²) in [4.78, 5) is 9.72. The number of benzene rings is 2. The van der Waals surface area contributed by atoms with Crippen molar-refractivity contribution in [3.63, 3.8) is 0 Å². The van der Waals surface area contributed by atoms with Gasteiger partial charge in [0.05, 0.1) is 10.6 Å². The Labute approximate surface area is 121 Å². The number of aromatic hydroxyl groups is 1. The van der Waals surface area contributed by atoms with Crippen molar-refractivity contribution in [2.75, 3.05) is 4.72 Å². The van der Waals surface area contributed by atoms with E-state index in [-0.39, 0.29) is 11.4 Å². The molecule has 0 aliphatic carbocycles. The molecule has 0 aromatic heterocycles. The zero-order valence-corrected chi connectivity index (χ0v) is 11.8. The fourth-order valence-corrected chi connectivity index (χ4v) is 3.07. The Morgan fingerprint density at radius 3 is 2.48 bits per heavy atom. The fourth-order valence-electron chi connectivity index (χ4n) is 1.77. The molecule has 0 radical (unpaired) electrons. The van der Waals surface area contributed by atoms with Crippen molar-refractivity contribution in [1.82, 2.24) is 0 Å². The lowest BCUT2D eigenvalue weighted by Gasteiger charge is -2.11. The van der Waals surface area contributed by atoms with Gasteiger partial charge in [-0.1, -0.05) is 18.2 Å². The van der Waals surface area contributed by atoms with Crippen LogP contribution in [0.5, 0.6) is 5.75 Å². The molecule has 2 aromatic carbocycles. The fraction of sp³-hybridized carbons (Fsp3) is 0.0769. The molecule has 0 heterocycles. The van der Waals surface area contributed by atoms with Crippen LogP contribution in [-0.2, 0) is 10.0 Å². The molecule has 0 saturated carbocycles. The van der Waals surface area contributed by atoms with Gasteiger partial charge in [-0.15, -0.1) is 0 Å². The molecule has 110 valence electrons. The predicted octanol–water partition coefficient (Wildman–Crippen LogP) is 2.41. The van der Waals surface area contributed by atoms with Gasteiger partial charge in [0.1, 0.15) is 5.75 Å². The van der Waals surface area contributed by atoms with Crippen LogP contribution in [-0.4, -0.2) is 18.4 Å². The quantitative estimate of drug-likeness (QED) is 0.665. The number of para-hydroxylation sites is 1. The normalized spacial score (nSPS) is 11.1. The Morgan fingerprint density at radius 2 is 1.81 bits per heavy atom. The van der Waals surface area contributed by atoms with E-state index in [0.29, 0.717) is 5.56 Å². The average Bonchev–Trinajstić information content (AvgIpc) is 2.44. The number of hydrogen-bond acceptors (Lipinski definition) is 5. The average molecular weight is 308 g/mol. The standard InChI is InChI=1S/C13H12N2O5S/c1-9-10(5-4-7-12(9)16)14-21(19,20)13-8-3-2-6-11(13)15(17)18/h2-8,14,16H,1H3. The van der Waals surface area contributed by atoms with Crippen LogP contribution in [0.25, 0.3) is 0 Å². The summed E-state index contributed by atoms with van der Waals surface area (Å²) in [5, 5.41) is 20.5. The molecular formula is C13H12N2O5S. The second kappa shape index (κ2) is 5.41. The third-order valence-corrected chi connectivity index (χ3v) is 4.31. The third-order valence-electron chi connectivity index (χ3n) is 2.90. The first kappa shape index (κ1) is 14.8. The monoisotopic (exact) mass is 308 g/mol. The van der Waals surface area contributed by atoms with E-state index in [1.807, 2.05) is 0 Å². The first-order valence-electron chi connectivity index (χ1n) is 5.88. The minimum atomic E-state index is -4.13. The molecular weight excluding hydrogens is 296 g/mol. The Bertz CT molecular complexity index is 802. The van der Waals surface area contributed by atoms with Gasteiger partial charge in [0, 0.05) is 11.6 Å². The molecule has 0 saturated heterocycles. The maximum Gasteiger partial charge on any atom is 0.289 e. The smallest absolute Gasteiger partial charge is 0.289 e. The van der Waals surface area contributed by atoms with Gasteiger partial charge >= 0.3 is 0 Å². The van der Waals surface area contributed by atoms with E-state index in [2.05, 4.69) is 4.72 Å². The van der Waals surface area contributed by atoms with Gasteiger partial charge in [-0.05, 0) is 25.1 Å². The van der Waals surface area contributed by atoms with E-state index < -0.39 is 25.5 Å². The molecule has 2 aromatic rings. The van der Waals surface area contributed by atoms with Crippen molar-refractivity contribution >= 4 is 21.4 Å². The summed E-state index contributed by atoms with van der Waals surface area (Å²) in [6, 6.07) is 9.40. The number of nitrogens with zero attached hydrogens (tertiary/aromatic N) is 1. The van der Waals surface area contributed by atoms with Crippen molar-refractivity contribution in [3.8, 4) is 5.75 Å². The molecule has 8 heteroatoms. The molecule has 2 N–H and O–H groups in total. The maximum absolute atomic E-state index is 12.3. The van der Waals surface area contributed by atoms with E-state index in [1.165, 1.54) is 37.3 Å². The van der Waals surface area contributed by atoms with Crippen molar-refractivity contribution in [2.24, 2.45) is 0 Å². The van der Waals surface area contributed by atoms with Crippen LogP contribution in [0.4, 0.5) is 11.4 Å². The van der Waals surface area contributed by atoms with Gasteiger partial charge in [0.25, 0.3) is 15.7 Å². The van der Waals surface area contributed by atoms with Gasteiger partial charge in [-0.3, -0.25) is 14.8 Å². The Hall–Kier alpha value is -2.61. The van der Waals surface area contributed by atoms with Crippen LogP contribution in [0, 0.1) is 17.0 Å². The molecule has 0 aliphatic rings. The number of nitro groups is 1. The topological polar surface area (TPSA) is 110 Å².